The number of aryl methyl sites for hydroxylation is 8. The van der Waals surface area contributed by atoms with Crippen LogP contribution in [0, 0.1) is 96.6 Å². The Labute approximate surface area is 658 Å². The Bertz CT molecular complexity index is 4800. The predicted octanol–water partition coefficient (Wildman–Crippen LogP) is 23.6. The van der Waals surface area contributed by atoms with Gasteiger partial charge in [-0.15, -0.1) is 24.3 Å². The van der Waals surface area contributed by atoms with Gasteiger partial charge in [-0.2, -0.15) is 0 Å². The van der Waals surface area contributed by atoms with Crippen LogP contribution in [0.3, 0.4) is 0 Å². The quantitative estimate of drug-likeness (QED) is 0.0501. The molecule has 0 aliphatic heterocycles. The Balaban J connectivity index is 0.000000162. The average Bonchev–Trinajstić information content (AvgIpc) is 0.819. The average molecular weight is 1630 g/mol. The van der Waals surface area contributed by atoms with Crippen LogP contribution in [0.4, 0.5) is 0 Å². The Kier molecular flexibility index (Phi) is 24.0. The van der Waals surface area contributed by atoms with Crippen LogP contribution in [0.5, 0.6) is 34.5 Å². The van der Waals surface area contributed by atoms with Gasteiger partial charge in [0.25, 0.3) is 0 Å². The van der Waals surface area contributed by atoms with E-state index < -0.39 is 34.5 Å². The summed E-state index contributed by atoms with van der Waals surface area (Å²) >= 11 is 0. The minimum absolute atomic E-state index is 0. The normalized spacial score (nSPS) is 10.8. The molecule has 6 aromatic heterocycles. The van der Waals surface area contributed by atoms with E-state index in [4.69, 9.17) is 19.9 Å². The number of aromatic nitrogens is 6. The Morgan fingerprint density at radius 1 is 0.209 bits per heavy atom. The minimum Gasteiger partial charge on any atom is -0.504 e. The molecule has 0 fully saturated rings. The molecule has 0 aliphatic rings. The maximum Gasteiger partial charge on any atom is 2.00 e. The van der Waals surface area contributed by atoms with E-state index in [1.165, 1.54) is 113 Å². The molecule has 550 valence electrons. The molecule has 0 atom stereocenters. The van der Waals surface area contributed by atoms with Crippen LogP contribution in [0.25, 0.3) is 134 Å². The monoisotopic (exact) mass is 1630 g/mol. The number of pyridine rings is 6. The third kappa shape index (κ3) is 17.3. The molecule has 0 amide bonds. The molecule has 9 aromatic carbocycles. The standard InChI is InChI=1S/C34H32N2.C34H31N2.C28H20N2O6.CH3.Pt/c2*1-21-14-31(15-22(2)25(21)5)29-10-12-33(35-19-29)27-8-7-9-28(18-27)34-13-11-30(20-36-34)32-16-23(3)26(6)24(4)17-32;31-23-9-19(10-24(32)27(23)35)17-4-6-21(29-13-17)15-2-1-3-16(8-15)22-7-5-18(14-30-22)20-11-25(33)28(36)26(34)12-20;;/h7-20H,1-6H3;7-17,19-20H,1-6H3;1-14,31-36H;1H3;/q;-1;;-1;+2. The molecular formula is C97H86N6O6Pt. The van der Waals surface area contributed by atoms with Crippen molar-refractivity contribution in [2.24, 2.45) is 0 Å². The summed E-state index contributed by atoms with van der Waals surface area (Å²) < 4.78 is 0. The van der Waals surface area contributed by atoms with E-state index in [0.717, 1.165) is 78.4 Å². The van der Waals surface area contributed by atoms with Gasteiger partial charge < -0.3 is 38.1 Å². The molecule has 110 heavy (non-hydrogen) atoms. The topological polar surface area (TPSA) is 199 Å². The number of nitrogens with zero attached hydrogens (tertiary/aromatic N) is 6. The van der Waals surface area contributed by atoms with Gasteiger partial charge in [-0.1, -0.05) is 145 Å². The van der Waals surface area contributed by atoms with Crippen LogP contribution in [-0.2, 0) is 21.1 Å². The summed E-state index contributed by atoms with van der Waals surface area (Å²) in [4.78, 5) is 28.1. The van der Waals surface area contributed by atoms with Gasteiger partial charge in [-0.05, 0) is 255 Å². The van der Waals surface area contributed by atoms with Crippen molar-refractivity contribution in [1.29, 1.82) is 0 Å². The summed E-state index contributed by atoms with van der Waals surface area (Å²) in [5.74, 6) is -2.81. The summed E-state index contributed by atoms with van der Waals surface area (Å²) in [7, 11) is 0. The molecular weight excluding hydrogens is 1540 g/mol. The van der Waals surface area contributed by atoms with Gasteiger partial charge in [0, 0.05) is 93.1 Å². The molecule has 13 heteroatoms. The zero-order valence-electron chi connectivity index (χ0n) is 63.9. The number of hydrogen-bond donors (Lipinski definition) is 6. The summed E-state index contributed by atoms with van der Waals surface area (Å²) in [6.07, 6.45) is 11.1. The number of benzene rings is 9. The summed E-state index contributed by atoms with van der Waals surface area (Å²) in [5, 5.41) is 58.1. The SMILES string of the molecule is Cc1cc(-c2ccc(-c3[c-]c(-c4ccc(-c5cc(C)c(C)c(C)c5)cn4)ccc3)nc2)cc(C)c1C.Cc1cc(-c2ccc(-c3cccc(-c4ccc(-c5cc(C)c(C)c(C)c5)cn4)c3)nc2)cc(C)c1C.Oc1cc(-c2ccc(-c3cccc(-c4ccc(-c5cc(O)c(O)c(O)c5)cn4)c3)nc2)cc(O)c1O.[CH3-].[Pt+2]. The molecule has 0 bridgehead atoms. The van der Waals surface area contributed by atoms with Crippen LogP contribution in [-0.4, -0.2) is 60.5 Å². The second kappa shape index (κ2) is 33.7. The van der Waals surface area contributed by atoms with Crippen LogP contribution in [0.15, 0.2) is 250 Å². The summed E-state index contributed by atoms with van der Waals surface area (Å²) in [6, 6.07) is 73.4. The predicted molar refractivity (Wildman–Crippen MR) is 443 cm³/mol. The van der Waals surface area contributed by atoms with E-state index >= 15 is 0 Å². The Hall–Kier alpha value is -12.6. The number of aromatic hydroxyl groups is 6. The first kappa shape index (κ1) is 78.4. The zero-order chi connectivity index (χ0) is 76.2. The summed E-state index contributed by atoms with van der Waals surface area (Å²) in [6.45, 7) is 26.0. The molecule has 6 N–H and O–H groups in total. The second-order valence-corrected chi connectivity index (χ2v) is 27.9. The van der Waals surface area contributed by atoms with Crippen LogP contribution in [0.1, 0.15) is 66.8 Å². The second-order valence-electron chi connectivity index (χ2n) is 27.9. The van der Waals surface area contributed by atoms with E-state index in [2.05, 4.69) is 233 Å². The third-order valence-electron chi connectivity index (χ3n) is 20.7. The first-order chi connectivity index (χ1) is 51.9. The fraction of sp³-hybridized carbons (Fsp3) is 0.124. The van der Waals surface area contributed by atoms with E-state index in [1.54, 1.807) is 24.5 Å². The maximum atomic E-state index is 9.76. The number of rotatable bonds is 12. The van der Waals surface area contributed by atoms with Crippen molar-refractivity contribution in [3.05, 3.63) is 330 Å². The molecule has 0 saturated heterocycles. The van der Waals surface area contributed by atoms with Gasteiger partial charge in [-0.25, -0.2) is 0 Å². The molecule has 0 unspecified atom stereocenters. The molecule has 0 saturated carbocycles. The van der Waals surface area contributed by atoms with Crippen molar-refractivity contribution in [2.45, 2.75) is 83.1 Å². The Morgan fingerprint density at radius 3 is 0.600 bits per heavy atom. The maximum absolute atomic E-state index is 9.76. The van der Waals surface area contributed by atoms with E-state index in [9.17, 15) is 30.6 Å². The fourth-order valence-corrected chi connectivity index (χ4v) is 13.2. The molecule has 0 aliphatic carbocycles. The third-order valence-corrected chi connectivity index (χ3v) is 20.7. The fourth-order valence-electron chi connectivity index (χ4n) is 13.2. The van der Waals surface area contributed by atoms with Crippen LogP contribution in [0.2, 0.25) is 0 Å². The molecule has 12 nitrogen and oxygen atoms in total. The van der Waals surface area contributed by atoms with Crippen molar-refractivity contribution in [1.82, 2.24) is 29.9 Å². The smallest absolute Gasteiger partial charge is 0.504 e. The van der Waals surface area contributed by atoms with Crippen LogP contribution >= 0.6 is 0 Å². The van der Waals surface area contributed by atoms with Crippen molar-refractivity contribution >= 4 is 0 Å². The van der Waals surface area contributed by atoms with Gasteiger partial charge >= 0.3 is 21.1 Å². The van der Waals surface area contributed by atoms with Crippen molar-refractivity contribution in [3.8, 4) is 169 Å². The molecule has 0 spiro atoms. The molecule has 15 aromatic rings. The van der Waals surface area contributed by atoms with Gasteiger partial charge in [0.05, 0.1) is 22.8 Å². The van der Waals surface area contributed by atoms with Crippen molar-refractivity contribution < 1.29 is 51.7 Å². The number of phenols is 6. The molecule has 15 rings (SSSR count). The summed E-state index contributed by atoms with van der Waals surface area (Å²) in [5.41, 5.74) is 38.5. The first-order valence-corrected chi connectivity index (χ1v) is 35.7. The van der Waals surface area contributed by atoms with Crippen LogP contribution < -0.4 is 0 Å². The largest absolute Gasteiger partial charge is 2.00 e. The van der Waals surface area contributed by atoms with E-state index in [0.29, 0.717) is 33.6 Å². The number of hydrogen-bond acceptors (Lipinski definition) is 12. The van der Waals surface area contributed by atoms with E-state index in [-0.39, 0.29) is 28.5 Å². The van der Waals surface area contributed by atoms with Gasteiger partial charge in [-0.3, -0.25) is 29.9 Å². The number of phenolic OH excluding ortho intramolecular Hbond substituents is 6. The van der Waals surface area contributed by atoms with Crippen molar-refractivity contribution in [3.63, 3.8) is 0 Å². The first-order valence-electron chi connectivity index (χ1n) is 35.7. The van der Waals surface area contributed by atoms with Gasteiger partial charge in [0.1, 0.15) is 0 Å². The Morgan fingerprint density at radius 2 is 0.400 bits per heavy atom. The molecule has 6 heterocycles. The van der Waals surface area contributed by atoms with Gasteiger partial charge in [0.15, 0.2) is 34.5 Å². The van der Waals surface area contributed by atoms with E-state index in [1.807, 2.05) is 67.3 Å². The molecule has 0 radical (unpaired) electrons. The minimum atomic E-state index is -0.568. The zero-order valence-corrected chi connectivity index (χ0v) is 66.1. The van der Waals surface area contributed by atoms with Gasteiger partial charge in [0.2, 0.25) is 0 Å². The van der Waals surface area contributed by atoms with Crippen molar-refractivity contribution in [2.75, 3.05) is 0 Å².